The van der Waals surface area contributed by atoms with Crippen LogP contribution in [0.25, 0.3) is 6.08 Å². The fourth-order valence-electron chi connectivity index (χ4n) is 1.61. The molecule has 2 rings (SSSR count). The molecule has 0 N–H and O–H groups in total. The van der Waals surface area contributed by atoms with Crippen molar-refractivity contribution in [1.82, 2.24) is 4.90 Å². The van der Waals surface area contributed by atoms with Crippen LogP contribution in [0.15, 0.2) is 52.3 Å². The van der Waals surface area contributed by atoms with E-state index in [1.54, 1.807) is 22.3 Å². The fourth-order valence-corrected chi connectivity index (χ4v) is 3.11. The Hall–Kier alpha value is -1.39. The molecule has 0 aliphatic carbocycles. The molecule has 0 fully saturated rings. The standard InChI is InChI=1S/C15H14BrNOS/c1-17(10-14-9-13(16)11-19-14)15(18)8-7-12-5-3-2-4-6-12/h2-9,11H,10H2,1H3/b8-7+. The molecule has 0 radical (unpaired) electrons. The molecule has 2 nitrogen and oxygen atoms in total. The molecule has 0 atom stereocenters. The zero-order valence-corrected chi connectivity index (χ0v) is 12.9. The Morgan fingerprint density at radius 2 is 2.11 bits per heavy atom. The highest BCUT2D eigenvalue weighted by Crippen LogP contribution is 2.20. The molecule has 98 valence electrons. The summed E-state index contributed by atoms with van der Waals surface area (Å²) in [6, 6.07) is 11.9. The summed E-state index contributed by atoms with van der Waals surface area (Å²) in [7, 11) is 1.81. The first-order valence-electron chi connectivity index (χ1n) is 5.86. The molecule has 0 unspecified atom stereocenters. The van der Waals surface area contributed by atoms with Crippen molar-refractivity contribution < 1.29 is 4.79 Å². The van der Waals surface area contributed by atoms with E-state index in [1.807, 2.05) is 54.9 Å². The number of carbonyl (C=O) groups is 1. The summed E-state index contributed by atoms with van der Waals surface area (Å²) < 4.78 is 1.06. The van der Waals surface area contributed by atoms with Gasteiger partial charge in [-0.05, 0) is 33.6 Å². The largest absolute Gasteiger partial charge is 0.337 e. The highest BCUT2D eigenvalue weighted by Gasteiger charge is 2.07. The molecule has 1 amide bonds. The van der Waals surface area contributed by atoms with E-state index < -0.39 is 0 Å². The molecular weight excluding hydrogens is 322 g/mol. The van der Waals surface area contributed by atoms with Crippen molar-refractivity contribution in [3.05, 3.63) is 62.8 Å². The predicted octanol–water partition coefficient (Wildman–Crippen LogP) is 4.18. The number of thiophene rings is 1. The van der Waals surface area contributed by atoms with Crippen LogP contribution >= 0.6 is 27.3 Å². The van der Waals surface area contributed by atoms with Gasteiger partial charge in [-0.1, -0.05) is 30.3 Å². The van der Waals surface area contributed by atoms with Crippen LogP contribution in [0.2, 0.25) is 0 Å². The first kappa shape index (κ1) is 14.0. The number of halogens is 1. The molecule has 0 saturated carbocycles. The molecule has 1 aromatic carbocycles. The summed E-state index contributed by atoms with van der Waals surface area (Å²) >= 11 is 5.06. The topological polar surface area (TPSA) is 20.3 Å². The Balaban J connectivity index is 1.94. The smallest absolute Gasteiger partial charge is 0.246 e. The minimum absolute atomic E-state index is 0.00776. The molecule has 0 spiro atoms. The number of amides is 1. The second kappa shape index (κ2) is 6.68. The van der Waals surface area contributed by atoms with Crippen LogP contribution in [0, 0.1) is 0 Å². The van der Waals surface area contributed by atoms with Crippen LogP contribution in [0.1, 0.15) is 10.4 Å². The van der Waals surface area contributed by atoms with E-state index in [2.05, 4.69) is 15.9 Å². The van der Waals surface area contributed by atoms with Crippen LogP contribution < -0.4 is 0 Å². The maximum Gasteiger partial charge on any atom is 0.246 e. The van der Waals surface area contributed by atoms with Gasteiger partial charge in [0.15, 0.2) is 0 Å². The summed E-state index contributed by atoms with van der Waals surface area (Å²) in [4.78, 5) is 14.8. The van der Waals surface area contributed by atoms with Crippen LogP contribution in [0.4, 0.5) is 0 Å². The molecule has 4 heteroatoms. The van der Waals surface area contributed by atoms with Crippen LogP contribution in [-0.4, -0.2) is 17.9 Å². The van der Waals surface area contributed by atoms with Gasteiger partial charge in [0.05, 0.1) is 6.54 Å². The van der Waals surface area contributed by atoms with E-state index in [0.717, 1.165) is 14.9 Å². The first-order valence-corrected chi connectivity index (χ1v) is 7.53. The average Bonchev–Trinajstić information content (AvgIpc) is 2.82. The van der Waals surface area contributed by atoms with E-state index in [9.17, 15) is 4.79 Å². The van der Waals surface area contributed by atoms with Crippen molar-refractivity contribution in [2.24, 2.45) is 0 Å². The lowest BCUT2D eigenvalue weighted by molar-refractivity contribution is -0.125. The Kier molecular flexibility index (Phi) is 4.93. The minimum atomic E-state index is 0.00776. The molecule has 2 aromatic rings. The van der Waals surface area contributed by atoms with Gasteiger partial charge in [0.1, 0.15) is 0 Å². The van der Waals surface area contributed by atoms with Crippen molar-refractivity contribution in [3.8, 4) is 0 Å². The van der Waals surface area contributed by atoms with Gasteiger partial charge in [0.2, 0.25) is 5.91 Å². The van der Waals surface area contributed by atoms with Gasteiger partial charge < -0.3 is 4.90 Å². The van der Waals surface area contributed by atoms with Crippen molar-refractivity contribution in [2.75, 3.05) is 7.05 Å². The second-order valence-electron chi connectivity index (χ2n) is 4.17. The lowest BCUT2D eigenvalue weighted by Crippen LogP contribution is -2.23. The van der Waals surface area contributed by atoms with Gasteiger partial charge in [-0.25, -0.2) is 0 Å². The van der Waals surface area contributed by atoms with E-state index in [1.165, 1.54) is 0 Å². The highest BCUT2D eigenvalue weighted by atomic mass is 79.9. The van der Waals surface area contributed by atoms with Crippen molar-refractivity contribution >= 4 is 39.2 Å². The first-order chi connectivity index (χ1) is 9.15. The van der Waals surface area contributed by atoms with Crippen molar-refractivity contribution in [2.45, 2.75) is 6.54 Å². The Labute approximate surface area is 125 Å². The van der Waals surface area contributed by atoms with Gasteiger partial charge in [0, 0.05) is 27.9 Å². The second-order valence-corrected chi connectivity index (χ2v) is 6.08. The van der Waals surface area contributed by atoms with E-state index in [0.29, 0.717) is 6.54 Å². The number of likely N-dealkylation sites (N-methyl/N-ethyl adjacent to an activating group) is 1. The van der Waals surface area contributed by atoms with Crippen LogP contribution in [0.5, 0.6) is 0 Å². The molecule has 19 heavy (non-hydrogen) atoms. The van der Waals surface area contributed by atoms with Crippen LogP contribution in [0.3, 0.4) is 0 Å². The van der Waals surface area contributed by atoms with E-state index in [-0.39, 0.29) is 5.91 Å². The zero-order valence-electron chi connectivity index (χ0n) is 10.5. The zero-order chi connectivity index (χ0) is 13.7. The molecule has 0 aliphatic rings. The van der Waals surface area contributed by atoms with Crippen LogP contribution in [-0.2, 0) is 11.3 Å². The molecule has 1 aromatic heterocycles. The van der Waals surface area contributed by atoms with Crippen molar-refractivity contribution in [1.29, 1.82) is 0 Å². The SMILES string of the molecule is CN(Cc1cc(Br)cs1)C(=O)/C=C/c1ccccc1. The minimum Gasteiger partial charge on any atom is -0.337 e. The number of hydrogen-bond donors (Lipinski definition) is 0. The molecule has 0 bridgehead atoms. The maximum atomic E-state index is 12.0. The maximum absolute atomic E-state index is 12.0. The van der Waals surface area contributed by atoms with Gasteiger partial charge in [0.25, 0.3) is 0 Å². The highest BCUT2D eigenvalue weighted by molar-refractivity contribution is 9.10. The summed E-state index contributed by atoms with van der Waals surface area (Å²) in [6.45, 7) is 0.633. The summed E-state index contributed by atoms with van der Waals surface area (Å²) in [6.07, 6.45) is 3.45. The normalized spacial score (nSPS) is 10.8. The molecule has 0 saturated heterocycles. The predicted molar refractivity (Wildman–Crippen MR) is 84.0 cm³/mol. The van der Waals surface area contributed by atoms with E-state index >= 15 is 0 Å². The Bertz CT molecular complexity index is 577. The summed E-state index contributed by atoms with van der Waals surface area (Å²) in [5.41, 5.74) is 1.03. The van der Waals surface area contributed by atoms with E-state index in [4.69, 9.17) is 0 Å². The quantitative estimate of drug-likeness (QED) is 0.767. The molecule has 1 heterocycles. The number of nitrogens with zero attached hydrogens (tertiary/aromatic N) is 1. The number of rotatable bonds is 4. The monoisotopic (exact) mass is 335 g/mol. The van der Waals surface area contributed by atoms with Gasteiger partial charge in [-0.15, -0.1) is 11.3 Å². The number of benzene rings is 1. The van der Waals surface area contributed by atoms with Crippen molar-refractivity contribution in [3.63, 3.8) is 0 Å². The average molecular weight is 336 g/mol. The van der Waals surface area contributed by atoms with Gasteiger partial charge in [-0.2, -0.15) is 0 Å². The third kappa shape index (κ3) is 4.33. The summed E-state index contributed by atoms with van der Waals surface area (Å²) in [5.74, 6) is 0.00776. The van der Waals surface area contributed by atoms with Gasteiger partial charge in [-0.3, -0.25) is 4.79 Å². The summed E-state index contributed by atoms with van der Waals surface area (Å²) in [5, 5.41) is 2.02. The number of hydrogen-bond acceptors (Lipinski definition) is 2. The molecular formula is C15H14BrNOS. The fraction of sp³-hybridized carbons (Fsp3) is 0.133. The lowest BCUT2D eigenvalue weighted by atomic mass is 10.2. The Morgan fingerprint density at radius 1 is 1.37 bits per heavy atom. The van der Waals surface area contributed by atoms with Gasteiger partial charge >= 0.3 is 0 Å². The third-order valence-corrected chi connectivity index (χ3v) is 4.29. The number of carbonyl (C=O) groups excluding carboxylic acids is 1. The molecule has 0 aliphatic heterocycles. The lowest BCUT2D eigenvalue weighted by Gasteiger charge is -2.13. The Morgan fingerprint density at radius 3 is 2.74 bits per heavy atom. The third-order valence-electron chi connectivity index (χ3n) is 2.61.